The Labute approximate surface area is 89.4 Å². The molecule has 0 saturated carbocycles. The number of aromatic amines is 1. The fourth-order valence-corrected chi connectivity index (χ4v) is 1.27. The van der Waals surface area contributed by atoms with Gasteiger partial charge in [0.1, 0.15) is 5.82 Å². The van der Waals surface area contributed by atoms with Crippen molar-refractivity contribution in [3.63, 3.8) is 0 Å². The van der Waals surface area contributed by atoms with Gasteiger partial charge in [0.05, 0.1) is 0 Å². The predicted molar refractivity (Wildman–Crippen MR) is 56.3 cm³/mol. The number of benzene rings is 1. The number of anilines is 1. The molecule has 0 aliphatic carbocycles. The predicted octanol–water partition coefficient (Wildman–Crippen LogP) is 0.864. The highest BCUT2D eigenvalue weighted by Gasteiger charge is 2.10. The van der Waals surface area contributed by atoms with E-state index in [0.717, 1.165) is 0 Å². The van der Waals surface area contributed by atoms with Crippen molar-refractivity contribution in [2.45, 2.75) is 0 Å². The first kappa shape index (κ1) is 10.2. The van der Waals surface area contributed by atoms with Gasteiger partial charge in [-0.3, -0.25) is 4.79 Å². The summed E-state index contributed by atoms with van der Waals surface area (Å²) in [7, 11) is 0. The van der Waals surface area contributed by atoms with Gasteiger partial charge in [-0.15, -0.1) is 0 Å². The summed E-state index contributed by atoms with van der Waals surface area (Å²) in [5, 5.41) is 9.07. The summed E-state index contributed by atoms with van der Waals surface area (Å²) < 4.78 is 12.8. The molecule has 0 aliphatic rings. The van der Waals surface area contributed by atoms with E-state index in [0.29, 0.717) is 11.3 Å². The fraction of sp³-hybridized carbons (Fsp3) is 0. The molecule has 0 saturated heterocycles. The van der Waals surface area contributed by atoms with Gasteiger partial charge in [-0.2, -0.15) is 9.37 Å². The largest absolute Gasteiger partial charge is 0.491 e. The highest BCUT2D eigenvalue weighted by molar-refractivity contribution is 5.61. The van der Waals surface area contributed by atoms with Gasteiger partial charge < -0.3 is 15.8 Å². The summed E-state index contributed by atoms with van der Waals surface area (Å²) >= 11 is 0. The van der Waals surface area contributed by atoms with Gasteiger partial charge in [0.25, 0.3) is 11.4 Å². The van der Waals surface area contributed by atoms with Crippen molar-refractivity contribution in [2.24, 2.45) is 0 Å². The van der Waals surface area contributed by atoms with Crippen LogP contribution in [0.1, 0.15) is 0 Å². The molecule has 5 nitrogen and oxygen atoms in total. The van der Waals surface area contributed by atoms with Crippen LogP contribution in [0.5, 0.6) is 5.88 Å². The Morgan fingerprint density at radius 3 is 2.81 bits per heavy atom. The second kappa shape index (κ2) is 3.65. The van der Waals surface area contributed by atoms with E-state index in [1.807, 2.05) is 0 Å². The lowest BCUT2D eigenvalue weighted by Gasteiger charge is -2.02. The van der Waals surface area contributed by atoms with Gasteiger partial charge in [0.2, 0.25) is 5.82 Å². The molecule has 2 aromatic rings. The van der Waals surface area contributed by atoms with Crippen LogP contribution in [0, 0.1) is 5.82 Å². The first-order valence-corrected chi connectivity index (χ1v) is 4.42. The molecule has 1 heterocycles. The zero-order valence-electron chi connectivity index (χ0n) is 8.07. The van der Waals surface area contributed by atoms with Crippen molar-refractivity contribution in [1.82, 2.24) is 9.97 Å². The van der Waals surface area contributed by atoms with Gasteiger partial charge in [-0.25, -0.2) is 0 Å². The third-order valence-corrected chi connectivity index (χ3v) is 2.01. The zero-order valence-corrected chi connectivity index (χ0v) is 8.07. The van der Waals surface area contributed by atoms with E-state index in [-0.39, 0.29) is 5.82 Å². The minimum absolute atomic E-state index is 0.0659. The molecular formula is C10H8FN3O2. The summed E-state index contributed by atoms with van der Waals surface area (Å²) in [4.78, 5) is 16.8. The number of nitrogen functional groups attached to an aromatic ring is 1. The van der Waals surface area contributed by atoms with Gasteiger partial charge in [-0.1, -0.05) is 12.1 Å². The number of aromatic hydroxyl groups is 1. The maximum atomic E-state index is 12.8. The quantitative estimate of drug-likeness (QED) is 0.623. The van der Waals surface area contributed by atoms with Crippen LogP contribution >= 0.6 is 0 Å². The molecular weight excluding hydrogens is 213 g/mol. The SMILES string of the molecule is Nc1cccc(-c2nc(O)c(F)c(=O)[nH]2)c1. The number of hydrogen-bond donors (Lipinski definition) is 3. The van der Waals surface area contributed by atoms with E-state index in [4.69, 9.17) is 10.8 Å². The minimum atomic E-state index is -1.30. The van der Waals surface area contributed by atoms with Gasteiger partial charge in [-0.05, 0) is 12.1 Å². The lowest BCUT2D eigenvalue weighted by atomic mass is 10.2. The molecule has 6 heteroatoms. The Hall–Kier alpha value is -2.37. The maximum Gasteiger partial charge on any atom is 0.291 e. The first-order chi connectivity index (χ1) is 7.58. The van der Waals surface area contributed by atoms with Crippen molar-refractivity contribution >= 4 is 5.69 Å². The summed E-state index contributed by atoms with van der Waals surface area (Å²) in [6.45, 7) is 0. The maximum absolute atomic E-state index is 12.8. The Bertz CT molecular complexity index is 595. The van der Waals surface area contributed by atoms with E-state index < -0.39 is 17.3 Å². The van der Waals surface area contributed by atoms with Crippen LogP contribution in [0.15, 0.2) is 29.1 Å². The van der Waals surface area contributed by atoms with Crippen LogP contribution in [0.25, 0.3) is 11.4 Å². The van der Waals surface area contributed by atoms with E-state index in [9.17, 15) is 9.18 Å². The highest BCUT2D eigenvalue weighted by Crippen LogP contribution is 2.18. The van der Waals surface area contributed by atoms with Crippen LogP contribution in [-0.4, -0.2) is 15.1 Å². The summed E-state index contributed by atoms with van der Waals surface area (Å²) in [6.07, 6.45) is 0. The third kappa shape index (κ3) is 1.72. The zero-order chi connectivity index (χ0) is 11.7. The number of nitrogens with zero attached hydrogens (tertiary/aromatic N) is 1. The number of aromatic nitrogens is 2. The first-order valence-electron chi connectivity index (χ1n) is 4.42. The molecule has 1 aromatic heterocycles. The van der Waals surface area contributed by atoms with Crippen molar-refractivity contribution < 1.29 is 9.50 Å². The molecule has 16 heavy (non-hydrogen) atoms. The Kier molecular flexibility index (Phi) is 2.32. The summed E-state index contributed by atoms with van der Waals surface area (Å²) in [6, 6.07) is 6.50. The molecule has 1 aromatic carbocycles. The van der Waals surface area contributed by atoms with Crippen LogP contribution in [0.3, 0.4) is 0 Å². The van der Waals surface area contributed by atoms with Crippen LogP contribution in [-0.2, 0) is 0 Å². The van der Waals surface area contributed by atoms with E-state index in [1.165, 1.54) is 0 Å². The molecule has 0 amide bonds. The molecule has 0 unspecified atom stereocenters. The monoisotopic (exact) mass is 221 g/mol. The van der Waals surface area contributed by atoms with Crippen LogP contribution in [0.4, 0.5) is 10.1 Å². The number of hydrogen-bond acceptors (Lipinski definition) is 4. The van der Waals surface area contributed by atoms with Crippen molar-refractivity contribution in [1.29, 1.82) is 0 Å². The van der Waals surface area contributed by atoms with Gasteiger partial charge >= 0.3 is 0 Å². The van der Waals surface area contributed by atoms with Crippen molar-refractivity contribution in [3.8, 4) is 17.3 Å². The average molecular weight is 221 g/mol. The topological polar surface area (TPSA) is 92.0 Å². The van der Waals surface area contributed by atoms with Crippen LogP contribution in [0.2, 0.25) is 0 Å². The van der Waals surface area contributed by atoms with Gasteiger partial charge in [0, 0.05) is 11.3 Å². The number of rotatable bonds is 1. The van der Waals surface area contributed by atoms with Gasteiger partial charge in [0.15, 0.2) is 0 Å². The third-order valence-electron chi connectivity index (χ3n) is 2.01. The normalized spacial score (nSPS) is 10.3. The van der Waals surface area contributed by atoms with Crippen molar-refractivity contribution in [2.75, 3.05) is 5.73 Å². The van der Waals surface area contributed by atoms with E-state index >= 15 is 0 Å². The molecule has 82 valence electrons. The van der Waals surface area contributed by atoms with E-state index in [2.05, 4.69) is 9.97 Å². The molecule has 0 aliphatic heterocycles. The molecule has 2 rings (SSSR count). The molecule has 0 atom stereocenters. The minimum Gasteiger partial charge on any atom is -0.491 e. The summed E-state index contributed by atoms with van der Waals surface area (Å²) in [5.74, 6) is -2.16. The van der Waals surface area contributed by atoms with Crippen LogP contribution < -0.4 is 11.3 Å². The van der Waals surface area contributed by atoms with E-state index in [1.54, 1.807) is 24.3 Å². The lowest BCUT2D eigenvalue weighted by molar-refractivity contribution is 0.405. The molecule has 0 fully saturated rings. The second-order valence-corrected chi connectivity index (χ2v) is 3.18. The number of nitrogens with one attached hydrogen (secondary N) is 1. The molecule has 0 radical (unpaired) electrons. The Balaban J connectivity index is 2.61. The standard InChI is InChI=1S/C10H8FN3O2/c11-7-9(15)13-8(14-10(7)16)5-2-1-3-6(12)4-5/h1-4H,12H2,(H2,13,14,15,16). The Morgan fingerprint density at radius 1 is 1.44 bits per heavy atom. The molecule has 4 N–H and O–H groups in total. The lowest BCUT2D eigenvalue weighted by Crippen LogP contribution is -2.13. The Morgan fingerprint density at radius 2 is 2.19 bits per heavy atom. The molecule has 0 spiro atoms. The van der Waals surface area contributed by atoms with Crippen molar-refractivity contribution in [3.05, 3.63) is 40.4 Å². The highest BCUT2D eigenvalue weighted by atomic mass is 19.1. The smallest absolute Gasteiger partial charge is 0.291 e. The summed E-state index contributed by atoms with van der Waals surface area (Å²) in [5.41, 5.74) is 5.49. The number of nitrogens with two attached hydrogens (primary N) is 1. The molecule has 0 bridgehead atoms. The second-order valence-electron chi connectivity index (χ2n) is 3.18. The fourth-order valence-electron chi connectivity index (χ4n) is 1.27. The average Bonchev–Trinajstić information content (AvgIpc) is 2.25. The number of H-pyrrole nitrogens is 1. The number of halogens is 1.